The highest BCUT2D eigenvalue weighted by Crippen LogP contribution is 2.36. The van der Waals surface area contributed by atoms with Gasteiger partial charge in [-0.05, 0) is 38.1 Å². The van der Waals surface area contributed by atoms with E-state index < -0.39 is 5.82 Å². The highest BCUT2D eigenvalue weighted by Gasteiger charge is 2.15. The van der Waals surface area contributed by atoms with E-state index in [9.17, 15) is 9.60 Å². The molecule has 0 radical (unpaired) electrons. The van der Waals surface area contributed by atoms with Gasteiger partial charge in [-0.15, -0.1) is 0 Å². The zero-order valence-corrected chi connectivity index (χ0v) is 10.8. The maximum atomic E-state index is 14.1. The molecule has 0 aliphatic carbocycles. The molecule has 2 aromatic rings. The Labute approximate surface area is 111 Å². The molecule has 0 amide bonds. The number of benzene rings is 1. The highest BCUT2D eigenvalue weighted by molar-refractivity contribution is 5.86. The van der Waals surface area contributed by atoms with Crippen molar-refractivity contribution in [2.45, 2.75) is 19.9 Å². The molecule has 0 unspecified atom stereocenters. The minimum Gasteiger partial charge on any atom is -0.761 e. The molecule has 0 fully saturated rings. The zero-order chi connectivity index (χ0) is 13.8. The predicted octanol–water partition coefficient (Wildman–Crippen LogP) is 3.62. The van der Waals surface area contributed by atoms with Crippen LogP contribution >= 0.6 is 0 Å². The Hall–Kier alpha value is -2.14. The number of nitrogens with one attached hydrogen (secondary N) is 2. The normalized spacial score (nSPS) is 10.6. The summed E-state index contributed by atoms with van der Waals surface area (Å²) in [7, 11) is 0. The summed E-state index contributed by atoms with van der Waals surface area (Å²) in [5.41, 5.74) is 3.35. The summed E-state index contributed by atoms with van der Waals surface area (Å²) in [5, 5.41) is 14.1. The fourth-order valence-electron chi connectivity index (χ4n) is 1.86. The summed E-state index contributed by atoms with van der Waals surface area (Å²) < 4.78 is 14.1. The van der Waals surface area contributed by atoms with Crippen LogP contribution in [0.25, 0.3) is 11.3 Å². The van der Waals surface area contributed by atoms with Gasteiger partial charge >= 0.3 is 0 Å². The molecular formula is C14H15FN3O-. The number of aromatic nitrogens is 1. The Balaban J connectivity index is 2.63. The number of hydrogen-bond donors (Lipinski definition) is 2. The van der Waals surface area contributed by atoms with Crippen LogP contribution in [0.15, 0.2) is 36.5 Å². The van der Waals surface area contributed by atoms with Gasteiger partial charge in [-0.25, -0.2) is 4.39 Å². The van der Waals surface area contributed by atoms with E-state index in [4.69, 9.17) is 0 Å². The number of hydrogen-bond acceptors (Lipinski definition) is 4. The molecule has 0 spiro atoms. The molecule has 0 atom stereocenters. The van der Waals surface area contributed by atoms with Crippen LogP contribution in [0.5, 0.6) is 0 Å². The number of nitrogens with zero attached hydrogens (tertiary/aromatic N) is 1. The second-order valence-electron chi connectivity index (χ2n) is 4.46. The molecule has 100 valence electrons. The number of anilines is 2. The van der Waals surface area contributed by atoms with Crippen LogP contribution in [0.4, 0.5) is 15.8 Å². The van der Waals surface area contributed by atoms with E-state index in [0.717, 1.165) is 0 Å². The molecule has 0 aliphatic heterocycles. The Bertz CT molecular complexity index is 558. The molecule has 1 aromatic carbocycles. The number of halogens is 1. The van der Waals surface area contributed by atoms with E-state index in [-0.39, 0.29) is 6.04 Å². The second kappa shape index (κ2) is 5.67. The van der Waals surface area contributed by atoms with Crippen LogP contribution in [-0.4, -0.2) is 11.0 Å². The largest absolute Gasteiger partial charge is 0.761 e. The molecule has 4 nitrogen and oxygen atoms in total. The third-order valence-electron chi connectivity index (χ3n) is 2.62. The SMILES string of the molecule is CC(C)Nc1c(N[O-])ccc(F)c1-c1ccccn1. The minimum atomic E-state index is -0.416. The summed E-state index contributed by atoms with van der Waals surface area (Å²) in [4.78, 5) is 4.14. The summed E-state index contributed by atoms with van der Waals surface area (Å²) in [5.74, 6) is -0.416. The van der Waals surface area contributed by atoms with Crippen molar-refractivity contribution in [1.82, 2.24) is 4.98 Å². The van der Waals surface area contributed by atoms with Crippen molar-refractivity contribution in [3.05, 3.63) is 47.6 Å². The quantitative estimate of drug-likeness (QED) is 0.824. The van der Waals surface area contributed by atoms with Crippen LogP contribution in [0.1, 0.15) is 13.8 Å². The van der Waals surface area contributed by atoms with E-state index in [1.807, 2.05) is 19.3 Å². The molecule has 2 rings (SSSR count). The van der Waals surface area contributed by atoms with Gasteiger partial charge in [0, 0.05) is 17.9 Å². The lowest BCUT2D eigenvalue weighted by atomic mass is 10.1. The molecule has 0 bridgehead atoms. The van der Waals surface area contributed by atoms with Gasteiger partial charge in [-0.2, -0.15) is 0 Å². The molecule has 1 heterocycles. The van der Waals surface area contributed by atoms with Crippen molar-refractivity contribution < 1.29 is 4.39 Å². The van der Waals surface area contributed by atoms with Crippen molar-refractivity contribution in [3.8, 4) is 11.3 Å². The van der Waals surface area contributed by atoms with Crippen LogP contribution in [0.2, 0.25) is 0 Å². The lowest BCUT2D eigenvalue weighted by Crippen LogP contribution is -2.13. The smallest absolute Gasteiger partial charge is 0.134 e. The zero-order valence-electron chi connectivity index (χ0n) is 10.8. The molecule has 0 saturated heterocycles. The summed E-state index contributed by atoms with van der Waals surface area (Å²) in [6.07, 6.45) is 1.59. The van der Waals surface area contributed by atoms with Gasteiger partial charge < -0.3 is 16.0 Å². The van der Waals surface area contributed by atoms with Crippen molar-refractivity contribution >= 4 is 11.4 Å². The van der Waals surface area contributed by atoms with Gasteiger partial charge in [0.05, 0.1) is 16.9 Å². The molecular weight excluding hydrogens is 245 g/mol. The molecule has 2 N–H and O–H groups in total. The standard InChI is InChI=1S/C14H15FN3O/c1-9(2)17-14-12(18-19)7-6-10(15)13(14)11-5-3-4-8-16-11/h3-9,17-18H,1-2H3/q-1. The third-order valence-corrected chi connectivity index (χ3v) is 2.62. The van der Waals surface area contributed by atoms with E-state index in [1.54, 1.807) is 24.4 Å². The molecule has 1 aromatic heterocycles. The Morgan fingerprint density at radius 1 is 1.21 bits per heavy atom. The van der Waals surface area contributed by atoms with Gasteiger partial charge in [0.1, 0.15) is 5.82 Å². The fourth-order valence-corrected chi connectivity index (χ4v) is 1.86. The monoisotopic (exact) mass is 260 g/mol. The van der Waals surface area contributed by atoms with E-state index in [0.29, 0.717) is 22.6 Å². The van der Waals surface area contributed by atoms with Gasteiger partial charge in [0.15, 0.2) is 0 Å². The first-order valence-corrected chi connectivity index (χ1v) is 6.02. The number of pyridine rings is 1. The maximum absolute atomic E-state index is 14.1. The fraction of sp³-hybridized carbons (Fsp3) is 0.214. The summed E-state index contributed by atoms with van der Waals surface area (Å²) in [6.45, 7) is 3.84. The topological polar surface area (TPSA) is 60.0 Å². The predicted molar refractivity (Wildman–Crippen MR) is 75.4 cm³/mol. The van der Waals surface area contributed by atoms with Gasteiger partial charge in [-0.1, -0.05) is 6.07 Å². The summed E-state index contributed by atoms with van der Waals surface area (Å²) in [6, 6.07) is 7.98. The van der Waals surface area contributed by atoms with E-state index >= 15 is 0 Å². The lowest BCUT2D eigenvalue weighted by molar-refractivity contribution is 0.631. The van der Waals surface area contributed by atoms with Gasteiger partial charge in [0.25, 0.3) is 0 Å². The Morgan fingerprint density at radius 2 is 2.00 bits per heavy atom. The first-order chi connectivity index (χ1) is 9.13. The van der Waals surface area contributed by atoms with Gasteiger partial charge in [-0.3, -0.25) is 4.98 Å². The van der Waals surface area contributed by atoms with E-state index in [1.165, 1.54) is 12.1 Å². The molecule has 19 heavy (non-hydrogen) atoms. The maximum Gasteiger partial charge on any atom is 0.134 e. The van der Waals surface area contributed by atoms with Crippen LogP contribution in [0.3, 0.4) is 0 Å². The van der Waals surface area contributed by atoms with Crippen molar-refractivity contribution in [3.63, 3.8) is 0 Å². The van der Waals surface area contributed by atoms with Crippen molar-refractivity contribution in [2.24, 2.45) is 0 Å². The minimum absolute atomic E-state index is 0.0661. The first-order valence-electron chi connectivity index (χ1n) is 6.02. The van der Waals surface area contributed by atoms with Crippen LogP contribution in [0, 0.1) is 11.0 Å². The lowest BCUT2D eigenvalue weighted by Gasteiger charge is -2.22. The van der Waals surface area contributed by atoms with Crippen molar-refractivity contribution in [2.75, 3.05) is 10.8 Å². The first kappa shape index (κ1) is 13.3. The molecule has 0 saturated carbocycles. The molecule has 5 heteroatoms. The van der Waals surface area contributed by atoms with Crippen LogP contribution < -0.4 is 10.8 Å². The highest BCUT2D eigenvalue weighted by atomic mass is 19.1. The number of rotatable bonds is 4. The molecule has 0 aliphatic rings. The average Bonchev–Trinajstić information content (AvgIpc) is 2.39. The van der Waals surface area contributed by atoms with Gasteiger partial charge in [0.2, 0.25) is 0 Å². The third kappa shape index (κ3) is 2.82. The second-order valence-corrected chi connectivity index (χ2v) is 4.46. The van der Waals surface area contributed by atoms with E-state index in [2.05, 4.69) is 10.3 Å². The average molecular weight is 260 g/mol. The Morgan fingerprint density at radius 3 is 2.58 bits per heavy atom. The van der Waals surface area contributed by atoms with Crippen molar-refractivity contribution in [1.29, 1.82) is 0 Å². The van der Waals surface area contributed by atoms with Crippen LogP contribution in [-0.2, 0) is 0 Å². The summed E-state index contributed by atoms with van der Waals surface area (Å²) >= 11 is 0. The Kier molecular flexibility index (Phi) is 3.97.